The van der Waals surface area contributed by atoms with E-state index in [2.05, 4.69) is 48.4 Å². The summed E-state index contributed by atoms with van der Waals surface area (Å²) in [6.45, 7) is 9.77. The first kappa shape index (κ1) is 36.0. The lowest BCUT2D eigenvalue weighted by atomic mass is 10.1. The minimum Gasteiger partial charge on any atom is -0.444 e. The molecule has 1 saturated heterocycles. The fourth-order valence-corrected chi connectivity index (χ4v) is 5.11. The molecule has 17 heteroatoms. The number of sulfonamides is 1. The van der Waals surface area contributed by atoms with Gasteiger partial charge in [-0.3, -0.25) is 20.2 Å². The fourth-order valence-electron chi connectivity index (χ4n) is 3.53. The Labute approximate surface area is 265 Å². The molecule has 240 valence electrons. The van der Waals surface area contributed by atoms with Crippen LogP contribution < -0.4 is 20.7 Å². The topological polar surface area (TPSA) is 194 Å². The van der Waals surface area contributed by atoms with Crippen molar-refractivity contribution in [1.82, 2.24) is 25.6 Å². The van der Waals surface area contributed by atoms with Gasteiger partial charge in [-0.15, -0.1) is 0 Å². The van der Waals surface area contributed by atoms with E-state index in [0.29, 0.717) is 19.4 Å². The van der Waals surface area contributed by atoms with E-state index in [4.69, 9.17) is 14.3 Å². The average Bonchev–Trinajstić information content (AvgIpc) is 2.84. The van der Waals surface area contributed by atoms with Gasteiger partial charge in [-0.05, 0) is 106 Å². The fraction of sp³-hybridized carbons (Fsp3) is 0.577. The molecule has 0 aliphatic carbocycles. The van der Waals surface area contributed by atoms with Gasteiger partial charge in [-0.25, -0.2) is 18.0 Å². The predicted octanol–water partition coefficient (Wildman–Crippen LogP) is 2.01. The molecule has 1 atom stereocenters. The second kappa shape index (κ2) is 15.5. The molecular weight excluding hydrogens is 699 g/mol. The Balaban J connectivity index is 1.88. The lowest BCUT2D eigenvalue weighted by Gasteiger charge is -2.32. The van der Waals surface area contributed by atoms with E-state index in [1.165, 1.54) is 17.0 Å². The molecule has 1 fully saturated rings. The van der Waals surface area contributed by atoms with Crippen molar-refractivity contribution in [2.75, 3.05) is 26.2 Å². The first-order chi connectivity index (χ1) is 19.8. The summed E-state index contributed by atoms with van der Waals surface area (Å²) in [4.78, 5) is 56.1. The van der Waals surface area contributed by atoms with Crippen molar-refractivity contribution >= 4 is 62.6 Å². The van der Waals surface area contributed by atoms with Crippen LogP contribution >= 0.6 is 22.6 Å². The van der Waals surface area contributed by atoms with Gasteiger partial charge in [-0.1, -0.05) is 0 Å². The Bertz CT molecular complexity index is 1260. The summed E-state index contributed by atoms with van der Waals surface area (Å²) >= 11 is 2.06. The number of ether oxygens (including phenoxy) is 2. The summed E-state index contributed by atoms with van der Waals surface area (Å²) in [7, 11) is -3.92. The van der Waals surface area contributed by atoms with Gasteiger partial charge in [0.15, 0.2) is 0 Å². The standard InChI is InChI=1S/C26H39IN6O9S/c1-25(2,3)41-23(36)29-22(30-24(37)42-26(4,5)6)31-40-15-13-28-20(34)16-33-14-7-8-19(21(33)35)32-43(38,39)18-11-9-17(27)10-12-18/h9-12,19,32H,7-8,13-16H2,1-6H3,(H,28,34)(H2,29,30,31,36,37). The second-order valence-electron chi connectivity index (χ2n) is 11.4. The van der Waals surface area contributed by atoms with Crippen LogP contribution in [0.2, 0.25) is 0 Å². The third kappa shape index (κ3) is 13.8. The minimum absolute atomic E-state index is 0.0284. The van der Waals surface area contributed by atoms with Gasteiger partial charge < -0.3 is 24.5 Å². The average molecular weight is 739 g/mol. The number of nitrogens with one attached hydrogen (secondary N) is 4. The van der Waals surface area contributed by atoms with Crippen LogP contribution in [0.4, 0.5) is 9.59 Å². The number of nitrogens with zero attached hydrogens (tertiary/aromatic N) is 2. The van der Waals surface area contributed by atoms with Crippen molar-refractivity contribution in [3.63, 3.8) is 0 Å². The van der Waals surface area contributed by atoms with Crippen molar-refractivity contribution in [3.05, 3.63) is 27.8 Å². The summed E-state index contributed by atoms with van der Waals surface area (Å²) in [5.74, 6) is -1.39. The monoisotopic (exact) mass is 738 g/mol. The highest BCUT2D eigenvalue weighted by atomic mass is 127. The molecule has 1 unspecified atom stereocenters. The van der Waals surface area contributed by atoms with Crippen molar-refractivity contribution in [2.45, 2.75) is 76.5 Å². The largest absolute Gasteiger partial charge is 0.444 e. The highest BCUT2D eigenvalue weighted by Crippen LogP contribution is 2.17. The molecule has 0 aromatic heterocycles. The Morgan fingerprint density at radius 1 is 1.00 bits per heavy atom. The van der Waals surface area contributed by atoms with E-state index in [0.717, 1.165) is 3.57 Å². The Morgan fingerprint density at radius 2 is 1.56 bits per heavy atom. The number of oxime groups is 1. The summed E-state index contributed by atoms with van der Waals surface area (Å²) in [6, 6.07) is 5.23. The maximum absolute atomic E-state index is 12.9. The van der Waals surface area contributed by atoms with Gasteiger partial charge in [0.2, 0.25) is 21.8 Å². The maximum Gasteiger partial charge on any atom is 0.414 e. The summed E-state index contributed by atoms with van der Waals surface area (Å²) < 4.78 is 39.1. The number of alkyl carbamates (subject to hydrolysis) is 2. The maximum atomic E-state index is 12.9. The summed E-state index contributed by atoms with van der Waals surface area (Å²) in [5, 5.41) is 10.8. The molecule has 0 saturated carbocycles. The number of guanidine groups is 1. The summed E-state index contributed by atoms with van der Waals surface area (Å²) in [6.07, 6.45) is -0.979. The number of likely N-dealkylation sites (tertiary alicyclic amines) is 1. The zero-order chi connectivity index (χ0) is 32.4. The van der Waals surface area contributed by atoms with Crippen LogP contribution in [-0.4, -0.2) is 86.8 Å². The van der Waals surface area contributed by atoms with E-state index in [9.17, 15) is 27.6 Å². The molecule has 0 radical (unpaired) electrons. The lowest BCUT2D eigenvalue weighted by Crippen LogP contribution is -2.54. The molecule has 2 rings (SSSR count). The smallest absolute Gasteiger partial charge is 0.414 e. The number of piperidine rings is 1. The third-order valence-corrected chi connectivity index (χ3v) is 7.40. The molecule has 1 aliphatic rings. The first-order valence-corrected chi connectivity index (χ1v) is 15.9. The molecule has 1 heterocycles. The second-order valence-corrected chi connectivity index (χ2v) is 14.4. The number of amides is 4. The van der Waals surface area contributed by atoms with Crippen molar-refractivity contribution in [1.29, 1.82) is 0 Å². The van der Waals surface area contributed by atoms with Crippen LogP contribution in [0.5, 0.6) is 0 Å². The molecule has 43 heavy (non-hydrogen) atoms. The van der Waals surface area contributed by atoms with Gasteiger partial charge in [0.1, 0.15) is 23.9 Å². The number of hydrogen-bond acceptors (Lipinski definition) is 10. The summed E-state index contributed by atoms with van der Waals surface area (Å²) in [5.41, 5.74) is -1.62. The zero-order valence-corrected chi connectivity index (χ0v) is 28.0. The third-order valence-electron chi connectivity index (χ3n) is 5.20. The molecule has 0 spiro atoms. The number of carbonyl (C=O) groups excluding carboxylic acids is 4. The molecule has 1 aromatic rings. The van der Waals surface area contributed by atoms with E-state index < -0.39 is 57.2 Å². The van der Waals surface area contributed by atoms with Gasteiger partial charge in [-0.2, -0.15) is 4.72 Å². The quantitative estimate of drug-likeness (QED) is 0.0965. The van der Waals surface area contributed by atoms with Crippen molar-refractivity contribution in [2.24, 2.45) is 5.16 Å². The van der Waals surface area contributed by atoms with Crippen LogP contribution in [0.3, 0.4) is 0 Å². The molecule has 1 aromatic carbocycles. The van der Waals surface area contributed by atoms with Gasteiger partial charge in [0.05, 0.1) is 18.0 Å². The lowest BCUT2D eigenvalue weighted by molar-refractivity contribution is -0.139. The molecule has 0 bridgehead atoms. The van der Waals surface area contributed by atoms with E-state index in [-0.39, 0.29) is 24.6 Å². The number of benzene rings is 1. The normalized spacial score (nSPS) is 15.7. The minimum atomic E-state index is -3.92. The molecule has 15 nitrogen and oxygen atoms in total. The van der Waals surface area contributed by atoms with Gasteiger partial charge in [0.25, 0.3) is 5.96 Å². The van der Waals surface area contributed by atoms with Crippen LogP contribution in [-0.2, 0) is 33.9 Å². The van der Waals surface area contributed by atoms with Gasteiger partial charge >= 0.3 is 12.2 Å². The van der Waals surface area contributed by atoms with Crippen molar-refractivity contribution in [3.8, 4) is 0 Å². The Morgan fingerprint density at radius 3 is 2.09 bits per heavy atom. The predicted molar refractivity (Wildman–Crippen MR) is 164 cm³/mol. The number of carbonyl (C=O) groups is 4. The van der Waals surface area contributed by atoms with E-state index >= 15 is 0 Å². The molecule has 4 N–H and O–H groups in total. The van der Waals surface area contributed by atoms with Crippen LogP contribution in [0.1, 0.15) is 54.4 Å². The highest BCUT2D eigenvalue weighted by molar-refractivity contribution is 14.1. The number of halogens is 1. The SMILES string of the molecule is CC(C)(C)OC(=O)NC(=NOCCNC(=O)CN1CCCC(NS(=O)(=O)c2ccc(I)cc2)C1=O)NC(=O)OC(C)(C)C. The Hall–Kier alpha value is -3.19. The van der Waals surface area contributed by atoms with Crippen LogP contribution in [0, 0.1) is 3.57 Å². The van der Waals surface area contributed by atoms with E-state index in [1.54, 1.807) is 53.7 Å². The Kier molecular flexibility index (Phi) is 13.0. The molecule has 4 amide bonds. The first-order valence-electron chi connectivity index (χ1n) is 13.4. The van der Waals surface area contributed by atoms with Crippen LogP contribution in [0.25, 0.3) is 0 Å². The van der Waals surface area contributed by atoms with Crippen molar-refractivity contribution < 1.29 is 41.9 Å². The number of rotatable bonds is 9. The number of hydrogen-bond donors (Lipinski definition) is 4. The molecular formula is C26H39IN6O9S. The zero-order valence-electron chi connectivity index (χ0n) is 25.0. The highest BCUT2D eigenvalue weighted by Gasteiger charge is 2.33. The van der Waals surface area contributed by atoms with E-state index in [1.807, 2.05) is 0 Å². The van der Waals surface area contributed by atoms with Crippen LogP contribution in [0.15, 0.2) is 34.3 Å². The van der Waals surface area contributed by atoms with Gasteiger partial charge in [0, 0.05) is 10.1 Å². The molecule has 1 aliphatic heterocycles.